The summed E-state index contributed by atoms with van der Waals surface area (Å²) in [7, 11) is 0. The van der Waals surface area contributed by atoms with E-state index in [2.05, 4.69) is 42.2 Å². The van der Waals surface area contributed by atoms with Gasteiger partial charge >= 0.3 is 5.97 Å². The third-order valence-electron chi connectivity index (χ3n) is 3.19. The summed E-state index contributed by atoms with van der Waals surface area (Å²) in [5.74, 6) is -1.64. The lowest BCUT2D eigenvalue weighted by Gasteiger charge is -2.17. The number of hydrogen-bond acceptors (Lipinski definition) is 2. The molecule has 21 heavy (non-hydrogen) atoms. The molecule has 0 aliphatic heterocycles. The summed E-state index contributed by atoms with van der Waals surface area (Å²) in [6, 6.07) is 2.75. The van der Waals surface area contributed by atoms with E-state index in [-0.39, 0.29) is 5.92 Å². The van der Waals surface area contributed by atoms with Gasteiger partial charge in [0, 0.05) is 26.0 Å². The Morgan fingerprint density at radius 1 is 1.24 bits per heavy atom. The lowest BCUT2D eigenvalue weighted by molar-refractivity contribution is -0.140. The van der Waals surface area contributed by atoms with Crippen LogP contribution in [0, 0.1) is 5.92 Å². The summed E-state index contributed by atoms with van der Waals surface area (Å²) >= 11 is 6.79. The topological polar surface area (TPSA) is 82.2 Å². The molecule has 1 amide bonds. The van der Waals surface area contributed by atoms with Crippen LogP contribution in [-0.4, -0.2) is 28.0 Å². The molecule has 0 saturated carbocycles. The van der Waals surface area contributed by atoms with E-state index in [1.807, 2.05) is 12.1 Å². The number of carboxylic acid groups (broad SMARTS) is 1. The smallest absolute Gasteiger partial charge is 0.326 e. The number of carboxylic acids is 1. The van der Waals surface area contributed by atoms with E-state index in [1.165, 1.54) is 0 Å². The number of hydrogen-bond donors (Lipinski definition) is 3. The van der Waals surface area contributed by atoms with Crippen LogP contribution in [0.15, 0.2) is 27.3 Å². The second-order valence-electron chi connectivity index (χ2n) is 5.05. The zero-order valence-electron chi connectivity index (χ0n) is 11.4. The van der Waals surface area contributed by atoms with Crippen LogP contribution in [0.2, 0.25) is 0 Å². The normalized spacial score (nSPS) is 12.6. The minimum atomic E-state index is -1.04. The van der Waals surface area contributed by atoms with Crippen molar-refractivity contribution in [2.75, 3.05) is 0 Å². The van der Waals surface area contributed by atoms with E-state index in [4.69, 9.17) is 5.11 Å². The van der Waals surface area contributed by atoms with Gasteiger partial charge in [-0.3, -0.25) is 4.79 Å². The van der Waals surface area contributed by atoms with Gasteiger partial charge < -0.3 is 15.4 Å². The van der Waals surface area contributed by atoms with Crippen molar-refractivity contribution in [1.29, 1.82) is 0 Å². The van der Waals surface area contributed by atoms with Gasteiger partial charge in [0.2, 0.25) is 0 Å². The van der Waals surface area contributed by atoms with Gasteiger partial charge in [0.25, 0.3) is 5.91 Å². The van der Waals surface area contributed by atoms with Gasteiger partial charge in [-0.1, -0.05) is 13.8 Å². The minimum Gasteiger partial charge on any atom is -0.480 e. The number of aromatic nitrogens is 1. The van der Waals surface area contributed by atoms with Gasteiger partial charge in [-0.25, -0.2) is 4.79 Å². The average Bonchev–Trinajstić information content (AvgIpc) is 2.78. The third-order valence-corrected chi connectivity index (χ3v) is 5.03. The van der Waals surface area contributed by atoms with Crippen molar-refractivity contribution in [3.05, 3.63) is 32.8 Å². The molecule has 2 aromatic rings. The number of carbonyl (C=O) groups excluding carboxylic acids is 1. The van der Waals surface area contributed by atoms with Crippen molar-refractivity contribution < 1.29 is 14.7 Å². The molecule has 1 aromatic heterocycles. The number of benzene rings is 1. The number of rotatable bonds is 4. The molecule has 0 spiro atoms. The molecular formula is C14H14Br2N2O3. The fourth-order valence-corrected chi connectivity index (χ4v) is 2.72. The highest BCUT2D eigenvalue weighted by molar-refractivity contribution is 9.13. The number of aliphatic carboxylic acids is 1. The Kier molecular flexibility index (Phi) is 4.73. The van der Waals surface area contributed by atoms with E-state index < -0.39 is 17.9 Å². The van der Waals surface area contributed by atoms with Crippen LogP contribution in [0.1, 0.15) is 24.2 Å². The molecule has 0 saturated heterocycles. The van der Waals surface area contributed by atoms with Crippen molar-refractivity contribution in [1.82, 2.24) is 10.3 Å². The van der Waals surface area contributed by atoms with Crippen molar-refractivity contribution >= 4 is 54.6 Å². The Morgan fingerprint density at radius 2 is 1.86 bits per heavy atom. The van der Waals surface area contributed by atoms with Crippen LogP contribution < -0.4 is 5.32 Å². The first-order valence-electron chi connectivity index (χ1n) is 6.31. The highest BCUT2D eigenvalue weighted by Crippen LogP contribution is 2.30. The number of amides is 1. The number of nitrogens with one attached hydrogen (secondary N) is 2. The zero-order valence-corrected chi connectivity index (χ0v) is 14.6. The standard InChI is InChI=1S/C14H14Br2N2O3/c1-6(2)12(14(20)21)18-13(19)8-5-17-11-4-10(16)9(15)3-7(8)11/h3-6,12,17H,1-2H3,(H,18,19)(H,20,21)/t12-/m1/s1. The Morgan fingerprint density at radius 3 is 2.43 bits per heavy atom. The average molecular weight is 418 g/mol. The zero-order chi connectivity index (χ0) is 15.7. The van der Waals surface area contributed by atoms with Crippen molar-refractivity contribution in [2.45, 2.75) is 19.9 Å². The quantitative estimate of drug-likeness (QED) is 0.711. The predicted octanol–water partition coefficient (Wildman–Crippen LogP) is 3.53. The summed E-state index contributed by atoms with van der Waals surface area (Å²) in [5, 5.41) is 12.4. The maximum absolute atomic E-state index is 12.3. The second-order valence-corrected chi connectivity index (χ2v) is 6.76. The molecule has 112 valence electrons. The number of aromatic amines is 1. The first kappa shape index (κ1) is 16.0. The maximum atomic E-state index is 12.3. The molecule has 2 rings (SSSR count). The number of halogens is 2. The Balaban J connectivity index is 2.36. The molecule has 0 fully saturated rings. The van der Waals surface area contributed by atoms with E-state index in [1.54, 1.807) is 20.0 Å². The van der Waals surface area contributed by atoms with Gasteiger partial charge in [-0.15, -0.1) is 0 Å². The Bertz CT molecular complexity index is 710. The summed E-state index contributed by atoms with van der Waals surface area (Å²) in [6.45, 7) is 3.50. The van der Waals surface area contributed by atoms with E-state index in [0.29, 0.717) is 5.56 Å². The van der Waals surface area contributed by atoms with Gasteiger partial charge in [0.05, 0.1) is 5.56 Å². The Hall–Kier alpha value is -1.34. The molecule has 3 N–H and O–H groups in total. The highest BCUT2D eigenvalue weighted by atomic mass is 79.9. The minimum absolute atomic E-state index is 0.197. The summed E-state index contributed by atoms with van der Waals surface area (Å²) in [4.78, 5) is 26.5. The summed E-state index contributed by atoms with van der Waals surface area (Å²) in [6.07, 6.45) is 1.58. The molecule has 0 aliphatic rings. The van der Waals surface area contributed by atoms with E-state index in [0.717, 1.165) is 19.8 Å². The van der Waals surface area contributed by atoms with Crippen LogP contribution >= 0.6 is 31.9 Å². The predicted molar refractivity (Wildman–Crippen MR) is 87.4 cm³/mol. The van der Waals surface area contributed by atoms with Crippen molar-refractivity contribution in [3.63, 3.8) is 0 Å². The molecule has 5 nitrogen and oxygen atoms in total. The molecular weight excluding hydrogens is 404 g/mol. The molecule has 1 aromatic carbocycles. The van der Waals surface area contributed by atoms with Crippen LogP contribution in [-0.2, 0) is 4.79 Å². The maximum Gasteiger partial charge on any atom is 0.326 e. The van der Waals surface area contributed by atoms with E-state index in [9.17, 15) is 9.59 Å². The van der Waals surface area contributed by atoms with Crippen LogP contribution in [0.3, 0.4) is 0 Å². The fourth-order valence-electron chi connectivity index (χ4n) is 2.04. The van der Waals surface area contributed by atoms with Gasteiger partial charge in [0.1, 0.15) is 6.04 Å². The highest BCUT2D eigenvalue weighted by Gasteiger charge is 2.25. The number of fused-ring (bicyclic) bond motifs is 1. The second kappa shape index (κ2) is 6.19. The van der Waals surface area contributed by atoms with Crippen LogP contribution in [0.5, 0.6) is 0 Å². The van der Waals surface area contributed by atoms with Gasteiger partial charge in [0.15, 0.2) is 0 Å². The largest absolute Gasteiger partial charge is 0.480 e. The summed E-state index contributed by atoms with van der Waals surface area (Å²) in [5.41, 5.74) is 1.22. The van der Waals surface area contributed by atoms with Gasteiger partial charge in [-0.2, -0.15) is 0 Å². The molecule has 0 aliphatic carbocycles. The molecule has 0 unspecified atom stereocenters. The fraction of sp³-hybridized carbons (Fsp3) is 0.286. The molecule has 0 bridgehead atoms. The molecule has 7 heteroatoms. The summed E-state index contributed by atoms with van der Waals surface area (Å²) < 4.78 is 1.69. The third kappa shape index (κ3) is 3.29. The Labute approximate surface area is 138 Å². The first-order valence-corrected chi connectivity index (χ1v) is 7.89. The van der Waals surface area contributed by atoms with E-state index >= 15 is 0 Å². The first-order chi connectivity index (χ1) is 9.81. The van der Waals surface area contributed by atoms with Gasteiger partial charge in [-0.05, 0) is 49.9 Å². The molecule has 1 atom stereocenters. The SMILES string of the molecule is CC(C)[C@@H](NC(=O)c1c[nH]c2cc(Br)c(Br)cc12)C(=O)O. The van der Waals surface area contributed by atoms with Crippen LogP contribution in [0.25, 0.3) is 10.9 Å². The molecule has 0 radical (unpaired) electrons. The van der Waals surface area contributed by atoms with Crippen molar-refractivity contribution in [3.8, 4) is 0 Å². The van der Waals surface area contributed by atoms with Crippen molar-refractivity contribution in [2.24, 2.45) is 5.92 Å². The number of carbonyl (C=O) groups is 2. The lowest BCUT2D eigenvalue weighted by Crippen LogP contribution is -2.44. The van der Waals surface area contributed by atoms with Crippen LogP contribution in [0.4, 0.5) is 0 Å². The lowest BCUT2D eigenvalue weighted by atomic mass is 10.0. The number of H-pyrrole nitrogens is 1. The molecule has 1 heterocycles. The monoisotopic (exact) mass is 416 g/mol.